The van der Waals surface area contributed by atoms with E-state index in [0.717, 1.165) is 26.9 Å². The topological polar surface area (TPSA) is 97.8 Å². The van der Waals surface area contributed by atoms with Gasteiger partial charge in [-0.15, -0.1) is 11.3 Å². The number of anilines is 1. The Hall–Kier alpha value is -1.85. The monoisotopic (exact) mass is 425 g/mol. The van der Waals surface area contributed by atoms with E-state index in [9.17, 15) is 13.2 Å². The van der Waals surface area contributed by atoms with Crippen molar-refractivity contribution < 1.29 is 22.1 Å². The van der Waals surface area contributed by atoms with E-state index in [1.54, 1.807) is 0 Å². The average Bonchev–Trinajstić information content (AvgIpc) is 3.01. The van der Waals surface area contributed by atoms with Gasteiger partial charge in [-0.2, -0.15) is 12.7 Å². The van der Waals surface area contributed by atoms with Crippen LogP contribution in [0.3, 0.4) is 0 Å². The number of morpholine rings is 1. The van der Waals surface area contributed by atoms with Gasteiger partial charge in [0.15, 0.2) is 5.13 Å². The lowest BCUT2D eigenvalue weighted by Gasteiger charge is -2.24. The zero-order chi connectivity index (χ0) is 20.1. The number of rotatable bonds is 7. The molecule has 0 bridgehead atoms. The van der Waals surface area contributed by atoms with Gasteiger partial charge in [0.1, 0.15) is 6.61 Å². The summed E-state index contributed by atoms with van der Waals surface area (Å²) in [5.41, 5.74) is 3.20. The molecule has 0 aliphatic carbocycles. The van der Waals surface area contributed by atoms with Gasteiger partial charge in [-0.3, -0.25) is 10.1 Å². The Morgan fingerprint density at radius 3 is 2.61 bits per heavy atom. The second-order valence-electron chi connectivity index (χ2n) is 6.47. The van der Waals surface area contributed by atoms with E-state index in [1.165, 1.54) is 16.9 Å². The van der Waals surface area contributed by atoms with E-state index in [4.69, 9.17) is 8.92 Å². The minimum Gasteiger partial charge on any atom is -0.379 e. The Kier molecular flexibility index (Phi) is 6.78. The Bertz CT molecular complexity index is 919. The molecule has 0 atom stereocenters. The summed E-state index contributed by atoms with van der Waals surface area (Å²) >= 11 is 1.37. The van der Waals surface area contributed by atoms with Gasteiger partial charge in [-0.25, -0.2) is 9.17 Å². The van der Waals surface area contributed by atoms with Crippen LogP contribution in [0, 0.1) is 13.8 Å². The zero-order valence-corrected chi connectivity index (χ0v) is 17.4. The summed E-state index contributed by atoms with van der Waals surface area (Å²) < 4.78 is 35.3. The van der Waals surface area contributed by atoms with E-state index in [2.05, 4.69) is 34.6 Å². The van der Waals surface area contributed by atoms with Gasteiger partial charge in [-0.1, -0.05) is 29.8 Å². The van der Waals surface area contributed by atoms with Crippen molar-refractivity contribution >= 4 is 32.7 Å². The molecule has 1 aromatic carbocycles. The highest BCUT2D eigenvalue weighted by atomic mass is 32.2. The van der Waals surface area contributed by atoms with Crippen LogP contribution in [0.25, 0.3) is 0 Å². The normalized spacial score (nSPS) is 15.5. The number of ether oxygens (including phenoxy) is 1. The molecule has 152 valence electrons. The average molecular weight is 426 g/mol. The molecule has 1 saturated heterocycles. The molecule has 2 aromatic rings. The number of carbonyl (C=O) groups is 1. The highest BCUT2D eigenvalue weighted by Crippen LogP contribution is 2.25. The number of amides is 1. The van der Waals surface area contributed by atoms with Gasteiger partial charge >= 0.3 is 10.3 Å². The molecule has 0 spiro atoms. The van der Waals surface area contributed by atoms with Crippen molar-refractivity contribution in [2.45, 2.75) is 20.3 Å². The third-order valence-corrected chi connectivity index (χ3v) is 6.74. The van der Waals surface area contributed by atoms with E-state index >= 15 is 0 Å². The maximum atomic E-state index is 12.1. The lowest BCUT2D eigenvalue weighted by atomic mass is 10.1. The summed E-state index contributed by atoms with van der Waals surface area (Å²) in [7, 11) is -3.94. The highest BCUT2D eigenvalue weighted by Gasteiger charge is 2.26. The van der Waals surface area contributed by atoms with Gasteiger partial charge in [0.25, 0.3) is 5.91 Å². The van der Waals surface area contributed by atoms with Crippen molar-refractivity contribution in [3.05, 3.63) is 46.0 Å². The van der Waals surface area contributed by atoms with Crippen LogP contribution in [-0.2, 0) is 30.4 Å². The van der Waals surface area contributed by atoms with Crippen LogP contribution in [0.4, 0.5) is 5.13 Å². The summed E-state index contributed by atoms with van der Waals surface area (Å²) in [5.74, 6) is -0.563. The van der Waals surface area contributed by atoms with E-state index in [1.807, 2.05) is 13.8 Å². The van der Waals surface area contributed by atoms with E-state index in [-0.39, 0.29) is 13.1 Å². The maximum Gasteiger partial charge on any atom is 0.339 e. The quantitative estimate of drug-likeness (QED) is 0.727. The number of nitrogens with one attached hydrogen (secondary N) is 1. The first-order valence-electron chi connectivity index (χ1n) is 8.87. The fourth-order valence-corrected chi connectivity index (χ4v) is 4.68. The van der Waals surface area contributed by atoms with Crippen LogP contribution < -0.4 is 5.32 Å². The molecule has 0 unspecified atom stereocenters. The predicted molar refractivity (Wildman–Crippen MR) is 107 cm³/mol. The van der Waals surface area contributed by atoms with E-state index in [0.29, 0.717) is 18.3 Å². The zero-order valence-electron chi connectivity index (χ0n) is 15.8. The predicted octanol–water partition coefficient (Wildman–Crippen LogP) is 1.88. The van der Waals surface area contributed by atoms with Crippen molar-refractivity contribution in [1.29, 1.82) is 0 Å². The summed E-state index contributed by atoms with van der Waals surface area (Å²) in [6, 6.07) is 8.25. The minimum absolute atomic E-state index is 0.220. The van der Waals surface area contributed by atoms with Crippen molar-refractivity contribution in [1.82, 2.24) is 9.29 Å². The molecule has 1 fully saturated rings. The SMILES string of the molecule is Cc1ccc(Cc2sc(NC(=O)COS(=O)(=O)N3CCOCC3)nc2C)cc1. The molecule has 3 rings (SSSR count). The molecule has 1 aromatic heterocycles. The maximum absolute atomic E-state index is 12.1. The molecule has 1 aliphatic heterocycles. The standard InChI is InChI=1S/C18H23N3O5S2/c1-13-3-5-15(6-4-13)11-16-14(2)19-18(27-16)20-17(22)12-26-28(23,24)21-7-9-25-10-8-21/h3-6H,7-12H2,1-2H3,(H,19,20,22). The lowest BCUT2D eigenvalue weighted by Crippen LogP contribution is -2.42. The smallest absolute Gasteiger partial charge is 0.339 e. The van der Waals surface area contributed by atoms with Crippen molar-refractivity contribution in [2.24, 2.45) is 0 Å². The van der Waals surface area contributed by atoms with Crippen LogP contribution in [0.1, 0.15) is 21.7 Å². The Morgan fingerprint density at radius 1 is 1.25 bits per heavy atom. The molecule has 2 heterocycles. The molecule has 8 nitrogen and oxygen atoms in total. The van der Waals surface area contributed by atoms with Gasteiger partial charge in [0.2, 0.25) is 0 Å². The molecule has 1 aliphatic rings. The highest BCUT2D eigenvalue weighted by molar-refractivity contribution is 7.84. The lowest BCUT2D eigenvalue weighted by molar-refractivity contribution is -0.118. The first-order chi connectivity index (χ1) is 13.3. The largest absolute Gasteiger partial charge is 0.379 e. The number of thiazole rings is 1. The minimum atomic E-state index is -3.94. The molecular formula is C18H23N3O5S2. The summed E-state index contributed by atoms with van der Waals surface area (Å²) in [4.78, 5) is 17.5. The van der Waals surface area contributed by atoms with Gasteiger partial charge < -0.3 is 4.74 Å². The molecule has 28 heavy (non-hydrogen) atoms. The summed E-state index contributed by atoms with van der Waals surface area (Å²) in [6.45, 7) is 4.40. The summed E-state index contributed by atoms with van der Waals surface area (Å²) in [6.07, 6.45) is 0.724. The second kappa shape index (κ2) is 9.10. The fraction of sp³-hybridized carbons (Fsp3) is 0.444. The van der Waals surface area contributed by atoms with Crippen LogP contribution in [-0.4, -0.2) is 56.5 Å². The first kappa shape index (κ1) is 20.9. The Balaban J connectivity index is 1.55. The molecular weight excluding hydrogens is 402 g/mol. The Morgan fingerprint density at radius 2 is 1.93 bits per heavy atom. The first-order valence-corrected chi connectivity index (χ1v) is 11.1. The van der Waals surface area contributed by atoms with Crippen molar-refractivity contribution in [3.63, 3.8) is 0 Å². The number of carbonyl (C=O) groups excluding carboxylic acids is 1. The molecule has 0 saturated carbocycles. The van der Waals surface area contributed by atoms with Crippen LogP contribution in [0.15, 0.2) is 24.3 Å². The van der Waals surface area contributed by atoms with Gasteiger partial charge in [-0.05, 0) is 19.4 Å². The summed E-state index contributed by atoms with van der Waals surface area (Å²) in [5, 5.41) is 3.04. The van der Waals surface area contributed by atoms with Crippen molar-refractivity contribution in [2.75, 3.05) is 38.2 Å². The Labute approximate surface area is 168 Å². The third-order valence-electron chi connectivity index (χ3n) is 4.25. The molecule has 1 N–H and O–H groups in total. The van der Waals surface area contributed by atoms with E-state index < -0.39 is 22.8 Å². The number of nitrogens with zero attached hydrogens (tertiary/aromatic N) is 2. The second-order valence-corrected chi connectivity index (χ2v) is 9.16. The molecule has 0 radical (unpaired) electrons. The van der Waals surface area contributed by atoms with Gasteiger partial charge in [0, 0.05) is 24.4 Å². The van der Waals surface area contributed by atoms with Crippen molar-refractivity contribution in [3.8, 4) is 0 Å². The number of benzene rings is 1. The van der Waals surface area contributed by atoms with Crippen LogP contribution >= 0.6 is 11.3 Å². The number of hydrogen-bond donors (Lipinski definition) is 1. The third kappa shape index (κ3) is 5.58. The van der Waals surface area contributed by atoms with Crippen LogP contribution in [0.2, 0.25) is 0 Å². The van der Waals surface area contributed by atoms with Gasteiger partial charge in [0.05, 0.1) is 18.9 Å². The number of aromatic nitrogens is 1. The number of aryl methyl sites for hydroxylation is 2. The fourth-order valence-electron chi connectivity index (χ4n) is 2.66. The number of hydrogen-bond acceptors (Lipinski definition) is 7. The molecule has 10 heteroatoms. The van der Waals surface area contributed by atoms with Crippen LogP contribution in [0.5, 0.6) is 0 Å². The molecule has 1 amide bonds.